The van der Waals surface area contributed by atoms with Crippen molar-refractivity contribution in [3.8, 4) is 22.5 Å². The second kappa shape index (κ2) is 10.5. The number of amides is 1. The van der Waals surface area contributed by atoms with Gasteiger partial charge in [0, 0.05) is 30.0 Å². The summed E-state index contributed by atoms with van der Waals surface area (Å²) in [5.74, 6) is 1.06. The van der Waals surface area contributed by atoms with Crippen molar-refractivity contribution in [1.82, 2.24) is 15.0 Å². The Kier molecular flexibility index (Phi) is 7.06. The van der Waals surface area contributed by atoms with Crippen LogP contribution in [0, 0.1) is 6.92 Å². The number of piperidine rings is 1. The average Bonchev–Trinajstić information content (AvgIpc) is 3.66. The van der Waals surface area contributed by atoms with Crippen molar-refractivity contribution in [3.05, 3.63) is 68.9 Å². The van der Waals surface area contributed by atoms with Gasteiger partial charge < -0.3 is 14.3 Å². The number of aryl methyl sites for hydroxylation is 1. The summed E-state index contributed by atoms with van der Waals surface area (Å²) in [6.07, 6.45) is 1.76. The largest absolute Gasteiger partial charge is 0.385 e. The van der Waals surface area contributed by atoms with Crippen LogP contribution in [0.3, 0.4) is 0 Å². The fourth-order valence-electron chi connectivity index (χ4n) is 4.24. The maximum Gasteiger partial charge on any atom is 0.263 e. The topological polar surface area (TPSA) is 80.8 Å². The molecular weight excluding hydrogens is 480 g/mol. The zero-order valence-electron chi connectivity index (χ0n) is 19.6. The molecule has 0 atom stereocenters. The van der Waals surface area contributed by atoms with Crippen LogP contribution in [-0.2, 0) is 9.63 Å². The van der Waals surface area contributed by atoms with Crippen LogP contribution in [0.25, 0.3) is 22.5 Å². The molecule has 0 spiro atoms. The zero-order valence-corrected chi connectivity index (χ0v) is 21.3. The summed E-state index contributed by atoms with van der Waals surface area (Å²) in [7, 11) is 0. The molecule has 9 heteroatoms. The van der Waals surface area contributed by atoms with Crippen molar-refractivity contribution in [2.24, 2.45) is 5.16 Å². The number of oxime groups is 1. The lowest BCUT2D eigenvalue weighted by Crippen LogP contribution is -2.39. The van der Waals surface area contributed by atoms with Crippen LogP contribution in [0.5, 0.6) is 0 Å². The Balaban J connectivity index is 1.19. The molecular formula is C26H26N4O3S2. The van der Waals surface area contributed by atoms with Gasteiger partial charge in [-0.1, -0.05) is 46.7 Å². The maximum atomic E-state index is 12.6. The standard InChI is InChI=1S/C26H26N4O3S2/c1-17(22-9-6-14-34-22)28-32-15-23(31)30-12-10-20(11-13-30)26-27-21(16-35-26)24-18(2)33-29-25(24)19-7-4-3-5-8-19/h3-9,14,16,20H,10-13,15H2,1-2H3/b28-17-. The lowest BCUT2D eigenvalue weighted by Gasteiger charge is -2.30. The number of rotatable bonds is 7. The van der Waals surface area contributed by atoms with Crippen LogP contribution < -0.4 is 0 Å². The highest BCUT2D eigenvalue weighted by molar-refractivity contribution is 7.12. The summed E-state index contributed by atoms with van der Waals surface area (Å²) < 4.78 is 5.52. The Bertz CT molecular complexity index is 1300. The quantitative estimate of drug-likeness (QED) is 0.227. The first kappa shape index (κ1) is 23.4. The van der Waals surface area contributed by atoms with Crippen molar-refractivity contribution in [1.29, 1.82) is 0 Å². The molecule has 5 rings (SSSR count). The molecule has 1 aromatic carbocycles. The van der Waals surface area contributed by atoms with Crippen LogP contribution in [0.2, 0.25) is 0 Å². The summed E-state index contributed by atoms with van der Waals surface area (Å²) >= 11 is 3.26. The second-order valence-corrected chi connectivity index (χ2v) is 10.3. The summed E-state index contributed by atoms with van der Waals surface area (Å²) in [6, 6.07) is 14.0. The average molecular weight is 507 g/mol. The van der Waals surface area contributed by atoms with Crippen LogP contribution in [0.15, 0.2) is 62.9 Å². The minimum Gasteiger partial charge on any atom is -0.385 e. The van der Waals surface area contributed by atoms with E-state index in [0.717, 1.165) is 56.7 Å². The van der Waals surface area contributed by atoms with E-state index in [1.165, 1.54) is 0 Å². The first-order chi connectivity index (χ1) is 17.1. The molecule has 1 amide bonds. The monoisotopic (exact) mass is 506 g/mol. The Hall–Kier alpha value is -3.30. The van der Waals surface area contributed by atoms with Crippen molar-refractivity contribution >= 4 is 34.3 Å². The molecule has 1 saturated heterocycles. The van der Waals surface area contributed by atoms with E-state index < -0.39 is 0 Å². The van der Waals surface area contributed by atoms with Crippen molar-refractivity contribution in [3.63, 3.8) is 0 Å². The summed E-state index contributed by atoms with van der Waals surface area (Å²) in [5, 5.41) is 13.5. The molecule has 35 heavy (non-hydrogen) atoms. The third-order valence-electron chi connectivity index (χ3n) is 6.15. The Labute approximate surface area is 212 Å². The SMILES string of the molecule is C/C(=N/OCC(=O)N1CCC(c2nc(-c3c(-c4ccccc4)noc3C)cs2)CC1)c1cccs1. The van der Waals surface area contributed by atoms with E-state index in [-0.39, 0.29) is 12.5 Å². The van der Waals surface area contributed by atoms with Crippen molar-refractivity contribution in [2.75, 3.05) is 19.7 Å². The van der Waals surface area contributed by atoms with Gasteiger partial charge >= 0.3 is 0 Å². The number of hydrogen-bond acceptors (Lipinski definition) is 8. The van der Waals surface area contributed by atoms with Gasteiger partial charge in [0.1, 0.15) is 11.5 Å². The molecule has 0 N–H and O–H groups in total. The molecule has 1 aliphatic heterocycles. The highest BCUT2D eigenvalue weighted by atomic mass is 32.1. The van der Waals surface area contributed by atoms with E-state index in [9.17, 15) is 4.79 Å². The van der Waals surface area contributed by atoms with E-state index >= 15 is 0 Å². The van der Waals surface area contributed by atoms with Gasteiger partial charge in [-0.3, -0.25) is 4.79 Å². The van der Waals surface area contributed by atoms with Gasteiger partial charge in [-0.15, -0.1) is 22.7 Å². The minimum absolute atomic E-state index is 0.0291. The zero-order chi connectivity index (χ0) is 24.2. The fraction of sp³-hybridized carbons (Fsp3) is 0.308. The van der Waals surface area contributed by atoms with E-state index in [1.54, 1.807) is 22.7 Å². The van der Waals surface area contributed by atoms with E-state index in [1.807, 2.05) is 66.6 Å². The molecule has 1 fully saturated rings. The molecule has 180 valence electrons. The molecule has 1 aliphatic rings. The van der Waals surface area contributed by atoms with Gasteiger partial charge in [-0.25, -0.2) is 4.98 Å². The van der Waals surface area contributed by atoms with Gasteiger partial charge in [0.25, 0.3) is 5.91 Å². The Morgan fingerprint density at radius 2 is 1.97 bits per heavy atom. The van der Waals surface area contributed by atoms with Gasteiger partial charge in [0.2, 0.25) is 0 Å². The molecule has 4 heterocycles. The maximum absolute atomic E-state index is 12.6. The van der Waals surface area contributed by atoms with Crippen LogP contribution in [0.1, 0.15) is 41.3 Å². The number of carbonyl (C=O) groups excluding carboxylic acids is 1. The third kappa shape index (κ3) is 5.21. The second-order valence-electron chi connectivity index (χ2n) is 8.48. The highest BCUT2D eigenvalue weighted by Crippen LogP contribution is 2.37. The van der Waals surface area contributed by atoms with E-state index in [2.05, 4.69) is 15.7 Å². The van der Waals surface area contributed by atoms with Crippen LogP contribution in [-0.4, -0.2) is 46.4 Å². The van der Waals surface area contributed by atoms with Crippen LogP contribution >= 0.6 is 22.7 Å². The first-order valence-corrected chi connectivity index (χ1v) is 13.3. The lowest BCUT2D eigenvalue weighted by atomic mass is 9.97. The predicted octanol–water partition coefficient (Wildman–Crippen LogP) is 5.98. The summed E-state index contributed by atoms with van der Waals surface area (Å²) in [6.45, 7) is 5.15. The van der Waals surface area contributed by atoms with Gasteiger partial charge in [-0.05, 0) is 38.1 Å². The predicted molar refractivity (Wildman–Crippen MR) is 139 cm³/mol. The number of thiophene rings is 1. The third-order valence-corrected chi connectivity index (χ3v) is 8.14. The van der Waals surface area contributed by atoms with Gasteiger partial charge in [0.05, 0.1) is 26.9 Å². The molecule has 7 nitrogen and oxygen atoms in total. The number of likely N-dealkylation sites (tertiary alicyclic amines) is 1. The molecule has 3 aromatic heterocycles. The fourth-order valence-corrected chi connectivity index (χ4v) is 5.89. The number of hydrogen-bond donors (Lipinski definition) is 0. The Morgan fingerprint density at radius 1 is 1.17 bits per heavy atom. The number of aromatic nitrogens is 2. The number of benzene rings is 1. The number of nitrogens with zero attached hydrogens (tertiary/aromatic N) is 4. The molecule has 4 aromatic rings. The first-order valence-electron chi connectivity index (χ1n) is 11.6. The number of thiazole rings is 1. The molecule has 0 radical (unpaired) electrons. The normalized spacial score (nSPS) is 14.9. The van der Waals surface area contributed by atoms with Gasteiger partial charge in [-0.2, -0.15) is 0 Å². The Morgan fingerprint density at radius 3 is 2.71 bits per heavy atom. The lowest BCUT2D eigenvalue weighted by molar-refractivity contribution is -0.137. The van der Waals surface area contributed by atoms with E-state index in [0.29, 0.717) is 19.0 Å². The van der Waals surface area contributed by atoms with Crippen molar-refractivity contribution in [2.45, 2.75) is 32.6 Å². The molecule has 0 bridgehead atoms. The molecule has 0 aliphatic carbocycles. The minimum atomic E-state index is -0.0379. The molecule has 0 unspecified atom stereocenters. The highest BCUT2D eigenvalue weighted by Gasteiger charge is 2.27. The van der Waals surface area contributed by atoms with Crippen LogP contribution in [0.4, 0.5) is 0 Å². The smallest absolute Gasteiger partial charge is 0.263 e. The molecule has 0 saturated carbocycles. The van der Waals surface area contributed by atoms with Crippen molar-refractivity contribution < 1.29 is 14.2 Å². The number of carbonyl (C=O) groups is 1. The van der Waals surface area contributed by atoms with E-state index in [4.69, 9.17) is 14.3 Å². The summed E-state index contributed by atoms with van der Waals surface area (Å²) in [5.41, 5.74) is 4.45. The summed E-state index contributed by atoms with van der Waals surface area (Å²) in [4.78, 5) is 25.8. The van der Waals surface area contributed by atoms with Gasteiger partial charge in [0.15, 0.2) is 6.61 Å².